The van der Waals surface area contributed by atoms with E-state index in [4.69, 9.17) is 4.74 Å². The van der Waals surface area contributed by atoms with Crippen LogP contribution in [0.1, 0.15) is 16.7 Å². The van der Waals surface area contributed by atoms with E-state index in [1.54, 1.807) is 19.2 Å². The molecule has 2 aromatic rings. The summed E-state index contributed by atoms with van der Waals surface area (Å²) in [7, 11) is 1.66. The first-order valence-electron chi connectivity index (χ1n) is 6.24. The Hall–Kier alpha value is -2.16. The van der Waals surface area contributed by atoms with Gasteiger partial charge < -0.3 is 14.9 Å². The molecule has 0 unspecified atom stereocenters. The molecule has 0 aliphatic rings. The first kappa shape index (κ1) is 13.3. The summed E-state index contributed by atoms with van der Waals surface area (Å²) in [4.78, 5) is 0. The Labute approximate surface area is 113 Å². The molecule has 0 bridgehead atoms. The Morgan fingerprint density at radius 1 is 1.00 bits per heavy atom. The number of benzene rings is 2. The number of hydrogen-bond acceptors (Lipinski definition) is 3. The van der Waals surface area contributed by atoms with Crippen molar-refractivity contribution < 1.29 is 14.9 Å². The fourth-order valence-electron chi connectivity index (χ4n) is 2.06. The van der Waals surface area contributed by atoms with Gasteiger partial charge in [0.25, 0.3) is 0 Å². The van der Waals surface area contributed by atoms with Crippen LogP contribution >= 0.6 is 0 Å². The molecule has 3 nitrogen and oxygen atoms in total. The Balaban J connectivity index is 2.10. The average molecular weight is 258 g/mol. The Bertz CT molecular complexity index is 576. The number of aryl methyl sites for hydroxylation is 3. The average Bonchev–Trinajstić information content (AvgIpc) is 2.39. The number of ether oxygens (including phenoxy) is 1. The van der Waals surface area contributed by atoms with Gasteiger partial charge in [-0.05, 0) is 48.6 Å². The second-order valence-corrected chi connectivity index (χ2v) is 4.62. The summed E-state index contributed by atoms with van der Waals surface area (Å²) in [6.45, 7) is 2.01. The molecule has 3 heteroatoms. The lowest BCUT2D eigenvalue weighted by Crippen LogP contribution is -1.94. The van der Waals surface area contributed by atoms with Gasteiger partial charge in [0.15, 0.2) is 0 Å². The van der Waals surface area contributed by atoms with Gasteiger partial charge in [0.1, 0.15) is 17.2 Å². The fraction of sp³-hybridized carbons (Fsp3) is 0.250. The highest BCUT2D eigenvalue weighted by molar-refractivity contribution is 5.40. The second-order valence-electron chi connectivity index (χ2n) is 4.62. The smallest absolute Gasteiger partial charge is 0.122 e. The minimum Gasteiger partial charge on any atom is -0.508 e. The minimum absolute atomic E-state index is 0.0817. The molecular formula is C16H18O3. The quantitative estimate of drug-likeness (QED) is 0.885. The molecule has 0 radical (unpaired) electrons. The summed E-state index contributed by atoms with van der Waals surface area (Å²) in [6.07, 6.45) is 1.54. The zero-order valence-corrected chi connectivity index (χ0v) is 11.2. The van der Waals surface area contributed by atoms with Crippen molar-refractivity contribution in [2.75, 3.05) is 7.11 Å². The zero-order valence-electron chi connectivity index (χ0n) is 11.2. The Kier molecular flexibility index (Phi) is 3.95. The molecule has 19 heavy (non-hydrogen) atoms. The molecule has 0 heterocycles. The van der Waals surface area contributed by atoms with Gasteiger partial charge in [0.05, 0.1) is 7.11 Å². The second kappa shape index (κ2) is 5.65. The van der Waals surface area contributed by atoms with E-state index < -0.39 is 0 Å². The van der Waals surface area contributed by atoms with Gasteiger partial charge in [-0.3, -0.25) is 0 Å². The molecule has 2 aromatic carbocycles. The molecule has 0 aliphatic carbocycles. The number of phenolic OH excluding ortho intramolecular Hbond substituents is 2. The summed E-state index contributed by atoms with van der Waals surface area (Å²) < 4.78 is 5.29. The van der Waals surface area contributed by atoms with E-state index in [2.05, 4.69) is 6.07 Å². The number of phenols is 2. The minimum atomic E-state index is 0.0817. The lowest BCUT2D eigenvalue weighted by Gasteiger charge is -2.08. The molecule has 0 spiro atoms. The van der Waals surface area contributed by atoms with Crippen LogP contribution in [-0.4, -0.2) is 17.3 Å². The topological polar surface area (TPSA) is 49.7 Å². The standard InChI is InChI=1S/C16H18O3/c1-11-3-4-12(9-16(11)19-2)5-6-13-7-8-14(17)10-15(13)18/h3-4,7-10,17-18H,5-6H2,1-2H3. The third-order valence-corrected chi connectivity index (χ3v) is 3.22. The molecule has 2 rings (SSSR count). The maximum absolute atomic E-state index is 9.73. The Morgan fingerprint density at radius 2 is 1.79 bits per heavy atom. The SMILES string of the molecule is COc1cc(CCc2ccc(O)cc2O)ccc1C. The van der Waals surface area contributed by atoms with Crippen molar-refractivity contribution in [2.45, 2.75) is 19.8 Å². The van der Waals surface area contributed by atoms with Gasteiger partial charge in [0.2, 0.25) is 0 Å². The van der Waals surface area contributed by atoms with Gasteiger partial charge in [-0.2, -0.15) is 0 Å². The van der Waals surface area contributed by atoms with Gasteiger partial charge >= 0.3 is 0 Å². The van der Waals surface area contributed by atoms with Crippen LogP contribution in [0.5, 0.6) is 17.2 Å². The van der Waals surface area contributed by atoms with E-state index in [1.807, 2.05) is 19.1 Å². The van der Waals surface area contributed by atoms with E-state index in [0.717, 1.165) is 35.3 Å². The van der Waals surface area contributed by atoms with Crippen LogP contribution < -0.4 is 4.74 Å². The molecule has 0 amide bonds. The number of rotatable bonds is 4. The fourth-order valence-corrected chi connectivity index (χ4v) is 2.06. The van der Waals surface area contributed by atoms with E-state index in [9.17, 15) is 10.2 Å². The van der Waals surface area contributed by atoms with Crippen molar-refractivity contribution in [2.24, 2.45) is 0 Å². The summed E-state index contributed by atoms with van der Waals surface area (Å²) in [5, 5.41) is 19.0. The van der Waals surface area contributed by atoms with E-state index in [1.165, 1.54) is 6.07 Å². The summed E-state index contributed by atoms with van der Waals surface area (Å²) in [5.74, 6) is 1.10. The van der Waals surface area contributed by atoms with Crippen molar-refractivity contribution in [1.82, 2.24) is 0 Å². The molecule has 0 fully saturated rings. The van der Waals surface area contributed by atoms with Crippen molar-refractivity contribution in [1.29, 1.82) is 0 Å². The van der Waals surface area contributed by atoms with Crippen molar-refractivity contribution in [3.8, 4) is 17.2 Å². The van der Waals surface area contributed by atoms with Crippen LogP contribution in [0, 0.1) is 6.92 Å². The number of methoxy groups -OCH3 is 1. The first-order chi connectivity index (χ1) is 9.10. The Morgan fingerprint density at radius 3 is 2.47 bits per heavy atom. The van der Waals surface area contributed by atoms with Crippen molar-refractivity contribution in [3.63, 3.8) is 0 Å². The monoisotopic (exact) mass is 258 g/mol. The first-order valence-corrected chi connectivity index (χ1v) is 6.24. The molecule has 0 atom stereocenters. The molecule has 0 saturated carbocycles. The van der Waals surface area contributed by atoms with E-state index in [0.29, 0.717) is 0 Å². The van der Waals surface area contributed by atoms with Crippen molar-refractivity contribution in [3.05, 3.63) is 53.1 Å². The molecular weight excluding hydrogens is 240 g/mol. The third kappa shape index (κ3) is 3.19. The van der Waals surface area contributed by atoms with E-state index in [-0.39, 0.29) is 11.5 Å². The van der Waals surface area contributed by atoms with Gasteiger partial charge in [-0.15, -0.1) is 0 Å². The maximum atomic E-state index is 9.73. The lowest BCUT2D eigenvalue weighted by atomic mass is 10.0. The molecule has 0 aromatic heterocycles. The third-order valence-electron chi connectivity index (χ3n) is 3.22. The highest BCUT2D eigenvalue weighted by Crippen LogP contribution is 2.25. The molecule has 2 N–H and O–H groups in total. The van der Waals surface area contributed by atoms with Gasteiger partial charge in [0, 0.05) is 6.07 Å². The van der Waals surface area contributed by atoms with E-state index >= 15 is 0 Å². The largest absolute Gasteiger partial charge is 0.508 e. The summed E-state index contributed by atoms with van der Waals surface area (Å²) in [6, 6.07) is 10.8. The predicted molar refractivity (Wildman–Crippen MR) is 74.9 cm³/mol. The summed E-state index contributed by atoms with van der Waals surface area (Å²) in [5.41, 5.74) is 3.10. The number of hydrogen-bond donors (Lipinski definition) is 2. The van der Waals surface area contributed by atoms with Crippen molar-refractivity contribution >= 4 is 0 Å². The molecule has 0 aliphatic heterocycles. The maximum Gasteiger partial charge on any atom is 0.122 e. The number of aromatic hydroxyl groups is 2. The van der Waals surface area contributed by atoms with Crippen LogP contribution in [0.2, 0.25) is 0 Å². The molecule has 100 valence electrons. The van der Waals surface area contributed by atoms with Gasteiger partial charge in [-0.25, -0.2) is 0 Å². The lowest BCUT2D eigenvalue weighted by molar-refractivity contribution is 0.411. The predicted octanol–water partition coefficient (Wildman–Crippen LogP) is 3.20. The van der Waals surface area contributed by atoms with Crippen LogP contribution in [0.4, 0.5) is 0 Å². The zero-order chi connectivity index (χ0) is 13.8. The normalized spacial score (nSPS) is 10.4. The summed E-state index contributed by atoms with van der Waals surface area (Å²) >= 11 is 0. The van der Waals surface area contributed by atoms with Crippen LogP contribution in [0.15, 0.2) is 36.4 Å². The highest BCUT2D eigenvalue weighted by Gasteiger charge is 2.05. The van der Waals surface area contributed by atoms with Crippen LogP contribution in [0.3, 0.4) is 0 Å². The van der Waals surface area contributed by atoms with Crippen LogP contribution in [-0.2, 0) is 12.8 Å². The van der Waals surface area contributed by atoms with Gasteiger partial charge in [-0.1, -0.05) is 18.2 Å². The van der Waals surface area contributed by atoms with Crippen LogP contribution in [0.25, 0.3) is 0 Å². The highest BCUT2D eigenvalue weighted by atomic mass is 16.5. The molecule has 0 saturated heterocycles.